The van der Waals surface area contributed by atoms with Crippen LogP contribution in [0, 0.1) is 52.8 Å². The van der Waals surface area contributed by atoms with Gasteiger partial charge in [0.1, 0.15) is 23.7 Å². The van der Waals surface area contributed by atoms with Gasteiger partial charge in [-0.15, -0.1) is 0 Å². The van der Waals surface area contributed by atoms with Crippen molar-refractivity contribution in [3.05, 3.63) is 64.0 Å². The van der Waals surface area contributed by atoms with Gasteiger partial charge in [0.2, 0.25) is 0 Å². The maximum Gasteiger partial charge on any atom is 0.255 e. The Labute approximate surface area is 237 Å². The van der Waals surface area contributed by atoms with Gasteiger partial charge in [-0.1, -0.05) is 62.6 Å². The van der Waals surface area contributed by atoms with Crippen molar-refractivity contribution >= 4 is 5.91 Å². The van der Waals surface area contributed by atoms with Crippen molar-refractivity contribution in [2.45, 2.75) is 78.7 Å². The molecular formula is C34H43NO5. The molecule has 3 fully saturated rings. The summed E-state index contributed by atoms with van der Waals surface area (Å²) in [5.41, 5.74) is 2.25. The van der Waals surface area contributed by atoms with Crippen LogP contribution >= 0.6 is 0 Å². The van der Waals surface area contributed by atoms with E-state index in [-0.39, 0.29) is 41.6 Å². The van der Waals surface area contributed by atoms with Gasteiger partial charge in [-0.2, -0.15) is 0 Å². The average Bonchev–Trinajstić information content (AvgIpc) is 3.39. The monoisotopic (exact) mass is 545 g/mol. The van der Waals surface area contributed by atoms with E-state index in [1.807, 2.05) is 24.3 Å². The first-order valence-corrected chi connectivity index (χ1v) is 15.2. The number of hydrogen-bond acceptors (Lipinski definition) is 5. The number of ether oxygens (including phenoxy) is 1. The average molecular weight is 546 g/mol. The summed E-state index contributed by atoms with van der Waals surface area (Å²) in [4.78, 5) is 13.5. The Kier molecular flexibility index (Phi) is 5.58. The van der Waals surface area contributed by atoms with Crippen molar-refractivity contribution in [2.24, 2.45) is 52.8 Å². The molecule has 6 nitrogen and oxygen atoms in total. The predicted octanol–water partition coefficient (Wildman–Crippen LogP) is 5.07. The number of amides is 1. The van der Waals surface area contributed by atoms with E-state index in [1.165, 1.54) is 16.7 Å². The highest BCUT2D eigenvalue weighted by Crippen LogP contribution is 2.68. The van der Waals surface area contributed by atoms with E-state index in [0.717, 1.165) is 24.2 Å². The molecular weight excluding hydrogens is 502 g/mol. The first kappa shape index (κ1) is 26.3. The van der Waals surface area contributed by atoms with Crippen LogP contribution in [-0.4, -0.2) is 39.2 Å². The highest BCUT2D eigenvalue weighted by Gasteiger charge is 2.66. The minimum Gasteiger partial charge on any atom is -0.511 e. The summed E-state index contributed by atoms with van der Waals surface area (Å²) in [6.07, 6.45) is 2.86. The molecule has 1 amide bonds. The maximum absolute atomic E-state index is 13.5. The van der Waals surface area contributed by atoms with E-state index >= 15 is 0 Å². The standard InChI is InChI=1S/C34H43NO5/c1-15-11-16(2)23-22(12-15)24-19(5)27-18(4)17(3)13-33(27,6)28-25(24)30(23)40-21-9-7-20(8-10-21)14-34(39)31(37)26(29(28)36)32(38)35-34/h7-10,13,15-16,18,22-25,28,30-31,36-37,39H,11-12,14H2,1-6H3,(H,35,38)/b29-26+/t15-,16+,18-,22-,23-,24-,25+,28-,30-,31+,33-,34-/m1/s1. The molecule has 7 aliphatic rings. The Balaban J connectivity index is 1.53. The molecule has 6 heteroatoms. The van der Waals surface area contributed by atoms with Crippen LogP contribution in [0.2, 0.25) is 0 Å². The minimum absolute atomic E-state index is 0.0221. The summed E-state index contributed by atoms with van der Waals surface area (Å²) in [6, 6.07) is 7.69. The molecule has 0 radical (unpaired) electrons. The topological polar surface area (TPSA) is 99.0 Å². The quantitative estimate of drug-likeness (QED) is 0.341. The van der Waals surface area contributed by atoms with Crippen LogP contribution < -0.4 is 10.1 Å². The van der Waals surface area contributed by atoms with Crippen LogP contribution in [0.3, 0.4) is 0 Å². The molecule has 2 saturated carbocycles. The Hall–Kier alpha value is -2.57. The van der Waals surface area contributed by atoms with Crippen molar-refractivity contribution in [2.75, 3.05) is 0 Å². The predicted molar refractivity (Wildman–Crippen MR) is 152 cm³/mol. The van der Waals surface area contributed by atoms with E-state index < -0.39 is 29.1 Å². The molecule has 4 N–H and O–H groups in total. The van der Waals surface area contributed by atoms with Gasteiger partial charge in [0.05, 0.1) is 5.57 Å². The summed E-state index contributed by atoms with van der Waals surface area (Å²) in [7, 11) is 0. The van der Waals surface area contributed by atoms with Crippen molar-refractivity contribution < 1.29 is 24.9 Å². The number of hydrogen-bond donors (Lipinski definition) is 4. The lowest BCUT2D eigenvalue weighted by Gasteiger charge is -2.49. The van der Waals surface area contributed by atoms with Crippen LogP contribution in [0.4, 0.5) is 0 Å². The van der Waals surface area contributed by atoms with Crippen LogP contribution in [0.1, 0.15) is 59.9 Å². The van der Waals surface area contributed by atoms with Gasteiger partial charge in [-0.05, 0) is 74.0 Å². The Morgan fingerprint density at radius 2 is 1.75 bits per heavy atom. The van der Waals surface area contributed by atoms with Gasteiger partial charge in [0.15, 0.2) is 5.72 Å². The normalized spacial score (nSPS) is 49.2. The van der Waals surface area contributed by atoms with E-state index in [2.05, 4.69) is 52.9 Å². The molecule has 0 spiro atoms. The minimum atomic E-state index is -1.90. The molecule has 4 bridgehead atoms. The van der Waals surface area contributed by atoms with E-state index in [0.29, 0.717) is 23.7 Å². The lowest BCUT2D eigenvalue weighted by molar-refractivity contribution is -0.121. The van der Waals surface area contributed by atoms with Crippen LogP contribution in [0.15, 0.2) is 58.4 Å². The van der Waals surface area contributed by atoms with Crippen LogP contribution in [-0.2, 0) is 11.2 Å². The number of benzene rings is 1. The highest BCUT2D eigenvalue weighted by atomic mass is 16.5. The number of allylic oxidation sites excluding steroid dienone is 5. The number of carbonyl (C=O) groups is 1. The second-order valence-corrected chi connectivity index (χ2v) is 14.3. The highest BCUT2D eigenvalue weighted by molar-refractivity contribution is 5.98. The molecule has 3 aliphatic heterocycles. The van der Waals surface area contributed by atoms with E-state index in [4.69, 9.17) is 4.74 Å². The molecule has 4 aliphatic carbocycles. The largest absolute Gasteiger partial charge is 0.511 e. The van der Waals surface area contributed by atoms with E-state index in [1.54, 1.807) is 0 Å². The zero-order chi connectivity index (χ0) is 28.5. The maximum atomic E-state index is 13.5. The van der Waals surface area contributed by atoms with Gasteiger partial charge in [-0.25, -0.2) is 0 Å². The van der Waals surface area contributed by atoms with Gasteiger partial charge in [0.25, 0.3) is 5.91 Å². The summed E-state index contributed by atoms with van der Waals surface area (Å²) in [5, 5.41) is 38.0. The molecule has 8 rings (SSSR count). The molecule has 0 aromatic heterocycles. The summed E-state index contributed by atoms with van der Waals surface area (Å²) in [6.45, 7) is 13.6. The van der Waals surface area contributed by atoms with Crippen LogP contribution in [0.25, 0.3) is 0 Å². The molecule has 12 atom stereocenters. The molecule has 3 heterocycles. The van der Waals surface area contributed by atoms with Gasteiger partial charge in [0, 0.05) is 29.6 Å². The van der Waals surface area contributed by atoms with Crippen molar-refractivity contribution in [1.82, 2.24) is 5.32 Å². The van der Waals surface area contributed by atoms with Gasteiger partial charge in [-0.3, -0.25) is 4.79 Å². The molecule has 0 unspecified atom stereocenters. The lowest BCUT2D eigenvalue weighted by Crippen LogP contribution is -2.50. The molecule has 1 aromatic rings. The Morgan fingerprint density at radius 3 is 2.45 bits per heavy atom. The Bertz CT molecular complexity index is 1370. The van der Waals surface area contributed by atoms with E-state index in [9.17, 15) is 20.1 Å². The molecule has 1 saturated heterocycles. The first-order chi connectivity index (χ1) is 18.9. The second kappa shape index (κ2) is 8.48. The third-order valence-electron chi connectivity index (χ3n) is 12.0. The second-order valence-electron chi connectivity index (χ2n) is 14.3. The van der Waals surface area contributed by atoms with Gasteiger partial charge >= 0.3 is 0 Å². The number of aliphatic hydroxyl groups excluding tert-OH is 2. The third kappa shape index (κ3) is 3.32. The lowest BCUT2D eigenvalue weighted by atomic mass is 9.55. The zero-order valence-corrected chi connectivity index (χ0v) is 24.4. The number of aliphatic hydroxyl groups is 3. The number of carbonyl (C=O) groups excluding carboxylic acids is 1. The summed E-state index contributed by atoms with van der Waals surface area (Å²) >= 11 is 0. The summed E-state index contributed by atoms with van der Waals surface area (Å²) in [5.74, 6) is 1.76. The van der Waals surface area contributed by atoms with Crippen molar-refractivity contribution in [3.8, 4) is 5.75 Å². The third-order valence-corrected chi connectivity index (χ3v) is 12.0. The Morgan fingerprint density at radius 1 is 1.05 bits per heavy atom. The fourth-order valence-corrected chi connectivity index (χ4v) is 10.6. The fourth-order valence-electron chi connectivity index (χ4n) is 10.6. The number of nitrogens with one attached hydrogen (secondary N) is 1. The molecule has 40 heavy (non-hydrogen) atoms. The van der Waals surface area contributed by atoms with Crippen molar-refractivity contribution in [3.63, 3.8) is 0 Å². The van der Waals surface area contributed by atoms with Crippen molar-refractivity contribution in [1.29, 1.82) is 0 Å². The summed E-state index contributed by atoms with van der Waals surface area (Å²) < 4.78 is 7.02. The molecule has 214 valence electrons. The number of rotatable bonds is 0. The van der Waals surface area contributed by atoms with Gasteiger partial charge < -0.3 is 25.4 Å². The number of fused-ring (bicyclic) bond motifs is 5. The fraction of sp³-hybridized carbons (Fsp3) is 0.618. The van der Waals surface area contributed by atoms with Crippen LogP contribution in [0.5, 0.6) is 5.75 Å². The SMILES string of the molecule is CC1=C[C@]2(C)C(=C(C)[C@@H]3[C@@H]4C[C@H](C)C[C@H](C)[C@H]4[C@H]4Oc5ccc(cc5)C[C@]5(O)NC(=O)/C(=C(/O)[C@H]2[C@@H]43)[C@@H]5O)[C@@H]1C. The smallest absolute Gasteiger partial charge is 0.255 e. The first-order valence-electron chi connectivity index (χ1n) is 15.2. The zero-order valence-electron chi connectivity index (χ0n) is 24.4. The molecule has 1 aromatic carbocycles.